The second-order valence-electron chi connectivity index (χ2n) is 7.90. The number of amides is 1. The first kappa shape index (κ1) is 24.7. The lowest BCUT2D eigenvalue weighted by Gasteiger charge is -2.20. The molecule has 0 aliphatic carbocycles. The van der Waals surface area contributed by atoms with Crippen LogP contribution in [0, 0.1) is 6.92 Å². The van der Waals surface area contributed by atoms with Gasteiger partial charge in [0.25, 0.3) is 0 Å². The van der Waals surface area contributed by atoms with Crippen LogP contribution < -0.4 is 10.1 Å². The molecule has 0 bridgehead atoms. The molecule has 1 aromatic heterocycles. The fourth-order valence-electron chi connectivity index (χ4n) is 3.16. The van der Waals surface area contributed by atoms with Crippen LogP contribution in [0.15, 0.2) is 53.9 Å². The van der Waals surface area contributed by atoms with Crippen LogP contribution in [0.5, 0.6) is 5.75 Å². The fourth-order valence-corrected chi connectivity index (χ4v) is 4.13. The average molecular weight is 487 g/mol. The molecule has 0 aliphatic rings. The highest BCUT2D eigenvalue weighted by molar-refractivity contribution is 7.09. The number of benzene rings is 2. The van der Waals surface area contributed by atoms with Gasteiger partial charge in [-0.3, -0.25) is 9.59 Å². The van der Waals surface area contributed by atoms with Crippen LogP contribution in [-0.2, 0) is 27.4 Å². The van der Waals surface area contributed by atoms with Gasteiger partial charge in [0.2, 0.25) is 5.91 Å². The monoisotopic (exact) mass is 486 g/mol. The molecule has 0 saturated heterocycles. The summed E-state index contributed by atoms with van der Waals surface area (Å²) < 4.78 is 11.0. The van der Waals surface area contributed by atoms with E-state index in [-0.39, 0.29) is 24.9 Å². The van der Waals surface area contributed by atoms with Crippen LogP contribution in [0.4, 0.5) is 0 Å². The second-order valence-corrected chi connectivity index (χ2v) is 9.25. The second kappa shape index (κ2) is 11.8. The summed E-state index contributed by atoms with van der Waals surface area (Å²) in [6, 6.07) is 14.3. The maximum atomic E-state index is 12.8. The maximum Gasteiger partial charge on any atom is 0.308 e. The number of hydrogen-bond donors (Lipinski definition) is 1. The molecular formula is C25H27ClN2O4S. The Morgan fingerprint density at radius 1 is 1.12 bits per heavy atom. The summed E-state index contributed by atoms with van der Waals surface area (Å²) in [6.07, 6.45) is -0.169. The van der Waals surface area contributed by atoms with Gasteiger partial charge in [-0.2, -0.15) is 0 Å². The zero-order valence-electron chi connectivity index (χ0n) is 18.8. The smallest absolute Gasteiger partial charge is 0.308 e. The van der Waals surface area contributed by atoms with Crippen molar-refractivity contribution < 1.29 is 19.1 Å². The average Bonchev–Trinajstić information content (AvgIpc) is 3.20. The van der Waals surface area contributed by atoms with Gasteiger partial charge in [0.05, 0.1) is 30.7 Å². The summed E-state index contributed by atoms with van der Waals surface area (Å²) in [4.78, 5) is 29.5. The topological polar surface area (TPSA) is 77.5 Å². The Balaban J connectivity index is 1.61. The molecule has 8 heteroatoms. The zero-order valence-corrected chi connectivity index (χ0v) is 20.4. The quantitative estimate of drug-likeness (QED) is 0.387. The van der Waals surface area contributed by atoms with Crippen molar-refractivity contribution in [1.82, 2.24) is 10.3 Å². The standard InChI is InChI=1S/C25H27ClN2O4S/c1-16(2)32-25(30)13-22(20-6-4-5-7-21(20)26)28-23(29)12-18-15-33-24(27-18)14-31-19-10-8-17(3)9-11-19/h4-11,15-16,22H,12-14H2,1-3H3,(H,28,29). The predicted molar refractivity (Wildman–Crippen MR) is 130 cm³/mol. The summed E-state index contributed by atoms with van der Waals surface area (Å²) in [5, 5.41) is 6.00. The van der Waals surface area contributed by atoms with Crippen LogP contribution in [-0.4, -0.2) is 23.0 Å². The molecule has 0 spiro atoms. The highest BCUT2D eigenvalue weighted by Crippen LogP contribution is 2.26. The first-order valence-corrected chi connectivity index (χ1v) is 11.9. The Bertz CT molecular complexity index is 1080. The van der Waals surface area contributed by atoms with Crippen LogP contribution in [0.3, 0.4) is 0 Å². The minimum absolute atomic E-state index is 0.0135. The van der Waals surface area contributed by atoms with Gasteiger partial charge in [0.15, 0.2) is 0 Å². The molecule has 0 radical (unpaired) electrons. The van der Waals surface area contributed by atoms with E-state index in [4.69, 9.17) is 21.1 Å². The van der Waals surface area contributed by atoms with Gasteiger partial charge in [-0.05, 0) is 44.5 Å². The van der Waals surface area contributed by atoms with Gasteiger partial charge >= 0.3 is 5.97 Å². The first-order chi connectivity index (χ1) is 15.8. The van der Waals surface area contributed by atoms with Crippen LogP contribution in [0.1, 0.15) is 48.1 Å². The molecule has 1 atom stereocenters. The van der Waals surface area contributed by atoms with Gasteiger partial charge in [-0.25, -0.2) is 4.98 Å². The number of aromatic nitrogens is 1. The molecule has 1 heterocycles. The molecule has 1 unspecified atom stereocenters. The summed E-state index contributed by atoms with van der Waals surface area (Å²) in [7, 11) is 0. The Hall–Kier alpha value is -2.90. The van der Waals surface area contributed by atoms with E-state index >= 15 is 0 Å². The number of halogens is 1. The van der Waals surface area contributed by atoms with E-state index in [0.29, 0.717) is 22.9 Å². The lowest BCUT2D eigenvalue weighted by Crippen LogP contribution is -2.32. The molecule has 33 heavy (non-hydrogen) atoms. The van der Waals surface area contributed by atoms with E-state index in [1.54, 1.807) is 32.0 Å². The first-order valence-electron chi connectivity index (χ1n) is 10.7. The summed E-state index contributed by atoms with van der Waals surface area (Å²) >= 11 is 7.76. The number of nitrogens with one attached hydrogen (secondary N) is 1. The third kappa shape index (κ3) is 7.87. The molecule has 6 nitrogen and oxygen atoms in total. The van der Waals surface area contributed by atoms with E-state index in [2.05, 4.69) is 10.3 Å². The van der Waals surface area contributed by atoms with Crippen LogP contribution in [0.25, 0.3) is 0 Å². The van der Waals surface area contributed by atoms with Crippen molar-refractivity contribution in [2.24, 2.45) is 0 Å². The number of thiazole rings is 1. The number of carbonyl (C=O) groups excluding carboxylic acids is 2. The van der Waals surface area contributed by atoms with E-state index in [1.165, 1.54) is 11.3 Å². The number of rotatable bonds is 10. The Morgan fingerprint density at radius 3 is 2.55 bits per heavy atom. The van der Waals surface area contributed by atoms with Crippen molar-refractivity contribution in [2.45, 2.75) is 52.4 Å². The molecular weight excluding hydrogens is 460 g/mol. The Morgan fingerprint density at radius 2 is 1.85 bits per heavy atom. The third-order valence-electron chi connectivity index (χ3n) is 4.68. The lowest BCUT2D eigenvalue weighted by molar-refractivity contribution is -0.148. The molecule has 0 fully saturated rings. The van der Waals surface area contributed by atoms with Gasteiger partial charge in [-0.15, -0.1) is 11.3 Å². The number of ether oxygens (including phenoxy) is 2. The van der Waals surface area contributed by atoms with Crippen molar-refractivity contribution in [3.8, 4) is 5.75 Å². The molecule has 3 aromatic rings. The van der Waals surface area contributed by atoms with Gasteiger partial charge in [0, 0.05) is 10.4 Å². The predicted octanol–water partition coefficient (Wildman–Crippen LogP) is 5.43. The molecule has 1 N–H and O–H groups in total. The summed E-state index contributed by atoms with van der Waals surface area (Å²) in [5.74, 6) is 0.110. The van der Waals surface area contributed by atoms with Crippen LogP contribution >= 0.6 is 22.9 Å². The fraction of sp³-hybridized carbons (Fsp3) is 0.320. The van der Waals surface area contributed by atoms with Gasteiger partial charge in [0.1, 0.15) is 17.4 Å². The number of nitrogens with zero attached hydrogens (tertiary/aromatic N) is 1. The number of carbonyl (C=O) groups is 2. The summed E-state index contributed by atoms with van der Waals surface area (Å²) in [6.45, 7) is 5.91. The SMILES string of the molecule is Cc1ccc(OCc2nc(CC(=O)NC(CC(=O)OC(C)C)c3ccccc3Cl)cs2)cc1. The third-order valence-corrected chi connectivity index (χ3v) is 5.89. The van der Waals surface area contributed by atoms with Crippen molar-refractivity contribution >= 4 is 34.8 Å². The number of aryl methyl sites for hydroxylation is 1. The van der Waals surface area contributed by atoms with Crippen LogP contribution in [0.2, 0.25) is 5.02 Å². The lowest BCUT2D eigenvalue weighted by atomic mass is 10.0. The maximum absolute atomic E-state index is 12.8. The van der Waals surface area contributed by atoms with E-state index in [9.17, 15) is 9.59 Å². The van der Waals surface area contributed by atoms with Crippen molar-refractivity contribution in [3.63, 3.8) is 0 Å². The van der Waals surface area contributed by atoms with E-state index in [1.807, 2.05) is 42.6 Å². The highest BCUT2D eigenvalue weighted by atomic mass is 35.5. The molecule has 1 amide bonds. The normalized spacial score (nSPS) is 11.8. The number of esters is 1. The van der Waals surface area contributed by atoms with Crippen molar-refractivity contribution in [3.05, 3.63) is 80.8 Å². The molecule has 3 rings (SSSR count). The van der Waals surface area contributed by atoms with Gasteiger partial charge in [-0.1, -0.05) is 47.5 Å². The van der Waals surface area contributed by atoms with E-state index in [0.717, 1.165) is 16.3 Å². The Kier molecular flexibility index (Phi) is 8.86. The molecule has 0 saturated carbocycles. The Labute approximate surface area is 202 Å². The number of hydrogen-bond acceptors (Lipinski definition) is 6. The van der Waals surface area contributed by atoms with Crippen molar-refractivity contribution in [1.29, 1.82) is 0 Å². The van der Waals surface area contributed by atoms with E-state index < -0.39 is 12.0 Å². The molecule has 0 aliphatic heterocycles. The molecule has 2 aromatic carbocycles. The largest absolute Gasteiger partial charge is 0.486 e. The summed E-state index contributed by atoms with van der Waals surface area (Å²) in [5.41, 5.74) is 2.47. The minimum atomic E-state index is -0.597. The highest BCUT2D eigenvalue weighted by Gasteiger charge is 2.22. The zero-order chi connectivity index (χ0) is 23.8. The minimum Gasteiger partial charge on any atom is -0.486 e. The van der Waals surface area contributed by atoms with Crippen molar-refractivity contribution in [2.75, 3.05) is 0 Å². The molecule has 174 valence electrons. The van der Waals surface area contributed by atoms with Gasteiger partial charge < -0.3 is 14.8 Å².